The van der Waals surface area contributed by atoms with Crippen LogP contribution < -0.4 is 5.32 Å². The highest BCUT2D eigenvalue weighted by Gasteiger charge is 2.22. The number of rotatable bonds is 4. The van der Waals surface area contributed by atoms with Crippen LogP contribution in [0.3, 0.4) is 0 Å². The van der Waals surface area contributed by atoms with Crippen LogP contribution in [0.2, 0.25) is 0 Å². The van der Waals surface area contributed by atoms with Crippen LogP contribution in [0.25, 0.3) is 0 Å². The van der Waals surface area contributed by atoms with Crippen LogP contribution in [0.15, 0.2) is 18.2 Å². The molecule has 1 fully saturated rings. The van der Waals surface area contributed by atoms with Gasteiger partial charge in [-0.25, -0.2) is 9.18 Å². The van der Waals surface area contributed by atoms with E-state index in [9.17, 15) is 9.18 Å². The van der Waals surface area contributed by atoms with Gasteiger partial charge in [0.1, 0.15) is 5.82 Å². The molecule has 1 heterocycles. The zero-order chi connectivity index (χ0) is 15.4. The zero-order valence-corrected chi connectivity index (χ0v) is 12.9. The summed E-state index contributed by atoms with van der Waals surface area (Å²) < 4.78 is 18.0. The minimum Gasteiger partial charge on any atom is -0.465 e. The first-order valence-electron chi connectivity index (χ1n) is 7.39. The molecule has 0 saturated carbocycles. The zero-order valence-electron chi connectivity index (χ0n) is 12.9. The molecule has 1 aromatic carbocycles. The number of piperidine rings is 1. The average molecular weight is 294 g/mol. The number of esters is 1. The maximum atomic E-state index is 13.3. The summed E-state index contributed by atoms with van der Waals surface area (Å²) in [5.74, 6) is -0.952. The minimum atomic E-state index is -0.517. The van der Waals surface area contributed by atoms with E-state index in [0.29, 0.717) is 17.8 Å². The second kappa shape index (κ2) is 6.89. The molecule has 1 saturated heterocycles. The average Bonchev–Trinajstić information content (AvgIpc) is 2.48. The number of hydrogen-bond acceptors (Lipinski definition) is 4. The van der Waals surface area contributed by atoms with E-state index in [2.05, 4.69) is 24.1 Å². The van der Waals surface area contributed by atoms with Gasteiger partial charge in [-0.05, 0) is 44.9 Å². The van der Waals surface area contributed by atoms with Crippen molar-refractivity contribution in [1.82, 2.24) is 4.90 Å². The predicted molar refractivity (Wildman–Crippen MR) is 81.1 cm³/mol. The molecule has 1 aromatic rings. The van der Waals surface area contributed by atoms with E-state index in [4.69, 9.17) is 4.74 Å². The molecule has 0 aliphatic carbocycles. The predicted octanol–water partition coefficient (Wildman–Crippen LogP) is 2.90. The third-order valence-corrected chi connectivity index (χ3v) is 4.01. The van der Waals surface area contributed by atoms with Crippen LogP contribution in [0.1, 0.15) is 37.0 Å². The van der Waals surface area contributed by atoms with Crippen LogP contribution in [0.4, 0.5) is 10.1 Å². The van der Waals surface area contributed by atoms with Gasteiger partial charge in [0.25, 0.3) is 0 Å². The lowest BCUT2D eigenvalue weighted by molar-refractivity contribution is 0.0601. The van der Waals surface area contributed by atoms with E-state index in [1.54, 1.807) is 6.07 Å². The van der Waals surface area contributed by atoms with Crippen molar-refractivity contribution in [3.05, 3.63) is 29.6 Å². The van der Waals surface area contributed by atoms with Gasteiger partial charge < -0.3 is 15.0 Å². The molecule has 5 heteroatoms. The van der Waals surface area contributed by atoms with Crippen molar-refractivity contribution in [2.75, 3.05) is 25.5 Å². The first-order valence-corrected chi connectivity index (χ1v) is 7.39. The van der Waals surface area contributed by atoms with Gasteiger partial charge in [0.15, 0.2) is 0 Å². The number of anilines is 1. The lowest BCUT2D eigenvalue weighted by Crippen LogP contribution is -2.42. The Morgan fingerprint density at radius 1 is 1.38 bits per heavy atom. The Morgan fingerprint density at radius 2 is 2.05 bits per heavy atom. The van der Waals surface area contributed by atoms with Crippen molar-refractivity contribution in [1.29, 1.82) is 0 Å². The normalized spacial score (nSPS) is 17.0. The third kappa shape index (κ3) is 3.94. The number of ether oxygens (including phenoxy) is 1. The summed E-state index contributed by atoms with van der Waals surface area (Å²) in [4.78, 5) is 14.2. The van der Waals surface area contributed by atoms with Crippen molar-refractivity contribution < 1.29 is 13.9 Å². The van der Waals surface area contributed by atoms with Crippen molar-refractivity contribution >= 4 is 11.7 Å². The first kappa shape index (κ1) is 15.8. The Morgan fingerprint density at radius 3 is 2.62 bits per heavy atom. The minimum absolute atomic E-state index is 0.254. The summed E-state index contributed by atoms with van der Waals surface area (Å²) in [6.45, 7) is 6.46. The fourth-order valence-electron chi connectivity index (χ4n) is 2.70. The van der Waals surface area contributed by atoms with Crippen LogP contribution >= 0.6 is 0 Å². The van der Waals surface area contributed by atoms with Crippen LogP contribution in [0, 0.1) is 5.82 Å². The van der Waals surface area contributed by atoms with Gasteiger partial charge in [-0.1, -0.05) is 0 Å². The molecule has 0 spiro atoms. The fourth-order valence-corrected chi connectivity index (χ4v) is 2.70. The molecule has 1 aliphatic heterocycles. The summed E-state index contributed by atoms with van der Waals surface area (Å²) in [6.07, 6.45) is 2.02. The largest absolute Gasteiger partial charge is 0.465 e. The lowest BCUT2D eigenvalue weighted by atomic mass is 10.0. The Hall–Kier alpha value is -1.62. The highest BCUT2D eigenvalue weighted by atomic mass is 19.1. The number of hydrogen-bond donors (Lipinski definition) is 1. The van der Waals surface area contributed by atoms with Gasteiger partial charge in [-0.3, -0.25) is 0 Å². The maximum Gasteiger partial charge on any atom is 0.340 e. The van der Waals surface area contributed by atoms with E-state index >= 15 is 0 Å². The molecule has 2 rings (SSSR count). The molecule has 0 atom stereocenters. The molecular formula is C16H23FN2O2. The van der Waals surface area contributed by atoms with Gasteiger partial charge in [0.05, 0.1) is 12.7 Å². The van der Waals surface area contributed by atoms with E-state index < -0.39 is 11.8 Å². The van der Waals surface area contributed by atoms with Gasteiger partial charge in [0, 0.05) is 30.9 Å². The van der Waals surface area contributed by atoms with Crippen LogP contribution in [-0.2, 0) is 4.74 Å². The third-order valence-electron chi connectivity index (χ3n) is 4.01. The van der Waals surface area contributed by atoms with Crippen molar-refractivity contribution in [3.63, 3.8) is 0 Å². The molecule has 0 amide bonds. The quantitative estimate of drug-likeness (QED) is 0.867. The smallest absolute Gasteiger partial charge is 0.340 e. The van der Waals surface area contributed by atoms with E-state index in [1.165, 1.54) is 19.2 Å². The summed E-state index contributed by atoms with van der Waals surface area (Å²) in [5.41, 5.74) is 0.898. The maximum absolute atomic E-state index is 13.3. The fraction of sp³-hybridized carbons (Fsp3) is 0.562. The standard InChI is InChI=1S/C16H23FN2O2/c1-11(2)19-8-6-13(7-9-19)18-15-5-4-12(17)10-14(15)16(20)21-3/h4-5,10-11,13,18H,6-9H2,1-3H3. The first-order chi connectivity index (χ1) is 10.0. The molecule has 21 heavy (non-hydrogen) atoms. The van der Waals surface area contributed by atoms with E-state index in [-0.39, 0.29) is 5.56 Å². The molecule has 0 bridgehead atoms. The molecule has 0 aromatic heterocycles. The highest BCUT2D eigenvalue weighted by molar-refractivity contribution is 5.95. The molecule has 1 aliphatic rings. The van der Waals surface area contributed by atoms with Gasteiger partial charge in [0.2, 0.25) is 0 Å². The second-order valence-corrected chi connectivity index (χ2v) is 5.73. The van der Waals surface area contributed by atoms with Gasteiger partial charge in [-0.2, -0.15) is 0 Å². The van der Waals surface area contributed by atoms with Crippen molar-refractivity contribution in [3.8, 4) is 0 Å². The molecule has 0 unspecified atom stereocenters. The summed E-state index contributed by atoms with van der Waals surface area (Å²) in [5, 5.41) is 3.36. The number of likely N-dealkylation sites (tertiary alicyclic amines) is 1. The monoisotopic (exact) mass is 294 g/mol. The Bertz CT molecular complexity index is 497. The molecule has 4 nitrogen and oxygen atoms in total. The topological polar surface area (TPSA) is 41.6 Å². The highest BCUT2D eigenvalue weighted by Crippen LogP contribution is 2.22. The van der Waals surface area contributed by atoms with Crippen molar-refractivity contribution in [2.24, 2.45) is 0 Å². The summed E-state index contributed by atoms with van der Waals surface area (Å²) in [7, 11) is 1.30. The Kier molecular flexibility index (Phi) is 5.17. The number of carbonyl (C=O) groups is 1. The summed E-state index contributed by atoms with van der Waals surface area (Å²) >= 11 is 0. The molecule has 116 valence electrons. The number of methoxy groups -OCH3 is 1. The number of benzene rings is 1. The van der Waals surface area contributed by atoms with Crippen LogP contribution in [-0.4, -0.2) is 43.2 Å². The van der Waals surface area contributed by atoms with E-state index in [1.807, 2.05) is 0 Å². The number of halogens is 1. The number of nitrogens with one attached hydrogen (secondary N) is 1. The van der Waals surface area contributed by atoms with Gasteiger partial charge in [-0.15, -0.1) is 0 Å². The molecule has 0 radical (unpaired) electrons. The molecule has 1 N–H and O–H groups in total. The SMILES string of the molecule is COC(=O)c1cc(F)ccc1NC1CCN(C(C)C)CC1. The van der Waals surface area contributed by atoms with Crippen LogP contribution in [0.5, 0.6) is 0 Å². The lowest BCUT2D eigenvalue weighted by Gasteiger charge is -2.35. The second-order valence-electron chi connectivity index (χ2n) is 5.73. The Balaban J connectivity index is 2.05. The van der Waals surface area contributed by atoms with E-state index in [0.717, 1.165) is 25.9 Å². The number of nitrogens with zero attached hydrogens (tertiary/aromatic N) is 1. The van der Waals surface area contributed by atoms with Gasteiger partial charge >= 0.3 is 5.97 Å². The Labute approximate surface area is 125 Å². The molecular weight excluding hydrogens is 271 g/mol. The summed E-state index contributed by atoms with van der Waals surface area (Å²) in [6, 6.07) is 5.04. The van der Waals surface area contributed by atoms with Crippen molar-refractivity contribution in [2.45, 2.75) is 38.8 Å². The number of carbonyl (C=O) groups excluding carboxylic acids is 1.